The van der Waals surface area contributed by atoms with E-state index in [1.165, 1.54) is 6.33 Å². The quantitative estimate of drug-likeness (QED) is 0.644. The van der Waals surface area contributed by atoms with Crippen LogP contribution in [0.5, 0.6) is 0 Å². The molecule has 0 aliphatic carbocycles. The Hall–Kier alpha value is -2.12. The van der Waals surface area contributed by atoms with Crippen molar-refractivity contribution in [1.29, 1.82) is 0 Å². The molecule has 0 spiro atoms. The van der Waals surface area contributed by atoms with Crippen molar-refractivity contribution < 1.29 is 4.79 Å². The van der Waals surface area contributed by atoms with Gasteiger partial charge in [0.1, 0.15) is 11.8 Å². The number of thioether (sulfide) groups is 1. The van der Waals surface area contributed by atoms with Crippen molar-refractivity contribution >= 4 is 40.4 Å². The fourth-order valence-corrected chi connectivity index (χ4v) is 4.76. The number of rotatable bonds is 3. The van der Waals surface area contributed by atoms with Gasteiger partial charge in [-0.3, -0.25) is 4.79 Å². The van der Waals surface area contributed by atoms with Gasteiger partial charge in [0.15, 0.2) is 10.8 Å². The molecule has 1 aliphatic rings. The van der Waals surface area contributed by atoms with Crippen LogP contribution in [-0.2, 0) is 6.54 Å². The van der Waals surface area contributed by atoms with Gasteiger partial charge in [-0.1, -0.05) is 29.8 Å². The molecule has 1 aliphatic heterocycles. The van der Waals surface area contributed by atoms with E-state index in [4.69, 9.17) is 11.6 Å². The summed E-state index contributed by atoms with van der Waals surface area (Å²) < 4.78 is 1.95. The normalized spacial score (nSPS) is 19.2. The van der Waals surface area contributed by atoms with Crippen LogP contribution in [0.25, 0.3) is 11.2 Å². The molecule has 1 unspecified atom stereocenters. The minimum atomic E-state index is -0.277. The molecule has 6 nitrogen and oxygen atoms in total. The Morgan fingerprint density at radius 2 is 2.04 bits per heavy atom. The van der Waals surface area contributed by atoms with Crippen molar-refractivity contribution in [1.82, 2.24) is 24.4 Å². The zero-order chi connectivity index (χ0) is 18.3. The molecule has 0 bridgehead atoms. The fraction of sp³-hybridized carbons (Fsp3) is 0.333. The molecule has 1 fully saturated rings. The van der Waals surface area contributed by atoms with E-state index in [-0.39, 0.29) is 16.8 Å². The van der Waals surface area contributed by atoms with Gasteiger partial charge in [0.2, 0.25) is 0 Å². The third-order valence-corrected chi connectivity index (χ3v) is 6.31. The van der Waals surface area contributed by atoms with Crippen molar-refractivity contribution in [2.75, 3.05) is 5.75 Å². The predicted octanol–water partition coefficient (Wildman–Crippen LogP) is 3.47. The monoisotopic (exact) mass is 387 g/mol. The molecule has 4 rings (SSSR count). The molecule has 1 atom stereocenters. The first-order valence-corrected chi connectivity index (χ1v) is 9.68. The number of hydrogen-bond acceptors (Lipinski definition) is 5. The van der Waals surface area contributed by atoms with Crippen LogP contribution in [0.15, 0.2) is 43.0 Å². The molecule has 1 amide bonds. The van der Waals surface area contributed by atoms with Gasteiger partial charge in [0.25, 0.3) is 5.91 Å². The number of benzene rings is 1. The highest BCUT2D eigenvalue weighted by atomic mass is 35.5. The second-order valence-electron chi connectivity index (χ2n) is 6.69. The Bertz CT molecular complexity index is 959. The largest absolute Gasteiger partial charge is 0.319 e. The fourth-order valence-electron chi connectivity index (χ4n) is 3.36. The summed E-state index contributed by atoms with van der Waals surface area (Å²) in [7, 11) is 0. The zero-order valence-electron chi connectivity index (χ0n) is 14.5. The lowest BCUT2D eigenvalue weighted by Crippen LogP contribution is -2.48. The maximum Gasteiger partial charge on any atom is 0.255 e. The second kappa shape index (κ2) is 6.55. The van der Waals surface area contributed by atoms with Crippen molar-refractivity contribution in [2.45, 2.75) is 31.3 Å². The summed E-state index contributed by atoms with van der Waals surface area (Å²) in [6.45, 7) is 4.78. The highest BCUT2D eigenvalue weighted by Gasteiger charge is 2.43. The molecule has 2 aromatic heterocycles. The van der Waals surface area contributed by atoms with Gasteiger partial charge < -0.3 is 9.47 Å². The van der Waals surface area contributed by atoms with Crippen LogP contribution in [-0.4, -0.2) is 47.0 Å². The average Bonchev–Trinajstić information content (AvgIpc) is 3.17. The molecule has 8 heteroatoms. The number of halogens is 1. The second-order valence-corrected chi connectivity index (χ2v) is 8.67. The van der Waals surface area contributed by atoms with Crippen LogP contribution in [0, 0.1) is 0 Å². The van der Waals surface area contributed by atoms with Crippen LogP contribution in [0.1, 0.15) is 24.2 Å². The van der Waals surface area contributed by atoms with Gasteiger partial charge in [-0.05, 0) is 26.0 Å². The van der Waals surface area contributed by atoms with E-state index in [0.717, 1.165) is 5.75 Å². The molecule has 3 heterocycles. The van der Waals surface area contributed by atoms with Gasteiger partial charge in [-0.2, -0.15) is 0 Å². The maximum atomic E-state index is 13.2. The Morgan fingerprint density at radius 3 is 2.81 bits per heavy atom. The number of hydrogen-bond donors (Lipinski definition) is 0. The highest BCUT2D eigenvalue weighted by molar-refractivity contribution is 8.00. The summed E-state index contributed by atoms with van der Waals surface area (Å²) >= 11 is 7.88. The molecule has 0 radical (unpaired) electrons. The lowest BCUT2D eigenvalue weighted by atomic mass is 10.1. The van der Waals surface area contributed by atoms with Crippen molar-refractivity contribution in [3.63, 3.8) is 0 Å². The molecular weight excluding hydrogens is 370 g/mol. The van der Waals surface area contributed by atoms with E-state index in [9.17, 15) is 4.79 Å². The Kier molecular flexibility index (Phi) is 4.36. The topological polar surface area (TPSA) is 63.9 Å². The molecule has 3 aromatic rings. The van der Waals surface area contributed by atoms with Gasteiger partial charge in [0.05, 0.1) is 17.2 Å². The minimum Gasteiger partial charge on any atom is -0.319 e. The Labute approximate surface area is 160 Å². The van der Waals surface area contributed by atoms with Crippen molar-refractivity contribution in [3.05, 3.63) is 53.7 Å². The first-order valence-electron chi connectivity index (χ1n) is 8.31. The lowest BCUT2D eigenvalue weighted by molar-refractivity contribution is 0.0604. The number of carbonyl (C=O) groups is 1. The third kappa shape index (κ3) is 2.95. The number of aromatic nitrogens is 4. The van der Waals surface area contributed by atoms with E-state index in [1.54, 1.807) is 18.1 Å². The molecule has 134 valence electrons. The van der Waals surface area contributed by atoms with Crippen LogP contribution in [0.2, 0.25) is 5.15 Å². The number of amides is 1. The number of nitrogens with zero attached hydrogens (tertiary/aromatic N) is 5. The summed E-state index contributed by atoms with van der Waals surface area (Å²) in [5.74, 6) is 0.895. The lowest BCUT2D eigenvalue weighted by Gasteiger charge is -2.35. The SMILES string of the molecule is CC1(C)SCC(Cn2cnc3c(Cl)ncnc32)N1C(=O)c1ccccc1. The Balaban J connectivity index is 1.66. The maximum absolute atomic E-state index is 13.2. The highest BCUT2D eigenvalue weighted by Crippen LogP contribution is 2.40. The molecule has 1 saturated heterocycles. The number of carbonyl (C=O) groups excluding carboxylic acids is 1. The number of imidazole rings is 1. The van der Waals surface area contributed by atoms with Gasteiger partial charge >= 0.3 is 0 Å². The van der Waals surface area contributed by atoms with E-state index < -0.39 is 0 Å². The van der Waals surface area contributed by atoms with Crippen LogP contribution in [0.4, 0.5) is 0 Å². The van der Waals surface area contributed by atoms with Gasteiger partial charge in [-0.15, -0.1) is 11.8 Å². The first kappa shape index (κ1) is 17.3. The summed E-state index contributed by atoms with van der Waals surface area (Å²) in [5, 5.41) is 0.340. The van der Waals surface area contributed by atoms with E-state index in [1.807, 2.05) is 39.8 Å². The minimum absolute atomic E-state index is 0.0360. The number of fused-ring (bicyclic) bond motifs is 1. The van der Waals surface area contributed by atoms with Crippen molar-refractivity contribution in [2.24, 2.45) is 0 Å². The van der Waals surface area contributed by atoms with Gasteiger partial charge in [0, 0.05) is 17.9 Å². The summed E-state index contributed by atoms with van der Waals surface area (Å²) in [6, 6.07) is 9.45. The van der Waals surface area contributed by atoms with Crippen molar-refractivity contribution in [3.8, 4) is 0 Å². The average molecular weight is 388 g/mol. The molecule has 0 saturated carbocycles. The summed E-state index contributed by atoms with van der Waals surface area (Å²) in [5.41, 5.74) is 1.97. The van der Waals surface area contributed by atoms with E-state index in [2.05, 4.69) is 28.8 Å². The molecular formula is C18H18ClN5OS. The molecule has 1 aromatic carbocycles. The zero-order valence-corrected chi connectivity index (χ0v) is 16.0. The van der Waals surface area contributed by atoms with Crippen LogP contribution < -0.4 is 0 Å². The first-order chi connectivity index (χ1) is 12.5. The Morgan fingerprint density at radius 1 is 1.27 bits per heavy atom. The standard InChI is InChI=1S/C18H18ClN5OS/c1-18(2)24(17(25)12-6-4-3-5-7-12)13(9-26-18)8-23-11-22-14-15(19)20-10-21-16(14)23/h3-7,10-11,13H,8-9H2,1-2H3. The molecule has 0 N–H and O–H groups in total. The smallest absolute Gasteiger partial charge is 0.255 e. The molecule has 26 heavy (non-hydrogen) atoms. The third-order valence-electron chi connectivity index (χ3n) is 4.58. The van der Waals surface area contributed by atoms with E-state index in [0.29, 0.717) is 28.4 Å². The van der Waals surface area contributed by atoms with E-state index >= 15 is 0 Å². The van der Waals surface area contributed by atoms with Gasteiger partial charge in [-0.25, -0.2) is 15.0 Å². The van der Waals surface area contributed by atoms with Crippen LogP contribution >= 0.6 is 23.4 Å². The predicted molar refractivity (Wildman–Crippen MR) is 103 cm³/mol. The summed E-state index contributed by atoms with van der Waals surface area (Å²) in [4.78, 5) is 27.4. The van der Waals surface area contributed by atoms with Crippen LogP contribution in [0.3, 0.4) is 0 Å². The summed E-state index contributed by atoms with van der Waals surface area (Å²) in [6.07, 6.45) is 3.15.